The zero-order chi connectivity index (χ0) is 24.8. The number of hydrogen-bond donors (Lipinski definition) is 2. The van der Waals surface area contributed by atoms with Crippen molar-refractivity contribution in [3.8, 4) is 5.75 Å². The number of urea groups is 1. The molecule has 2 N–H and O–H groups in total. The molecular weight excluding hydrogens is 448 g/mol. The molecule has 33 heavy (non-hydrogen) atoms. The second kappa shape index (κ2) is 11.6. The van der Waals surface area contributed by atoms with Gasteiger partial charge in [-0.05, 0) is 25.5 Å². The van der Waals surface area contributed by atoms with Crippen LogP contribution in [0.3, 0.4) is 0 Å². The summed E-state index contributed by atoms with van der Waals surface area (Å²) in [5, 5.41) is 2.92. The molecule has 1 aliphatic heterocycles. The van der Waals surface area contributed by atoms with Crippen molar-refractivity contribution < 1.29 is 27.5 Å². The van der Waals surface area contributed by atoms with E-state index in [4.69, 9.17) is 9.47 Å². The predicted molar refractivity (Wildman–Crippen MR) is 127 cm³/mol. The monoisotopic (exact) mass is 484 g/mol. The van der Waals surface area contributed by atoms with E-state index in [1.54, 1.807) is 24.0 Å². The Hall–Kier alpha value is -2.53. The summed E-state index contributed by atoms with van der Waals surface area (Å²) in [5.74, 6) is -0.0694. The Kier molecular flexibility index (Phi) is 9.35. The first-order chi connectivity index (χ1) is 15.5. The van der Waals surface area contributed by atoms with Gasteiger partial charge in [-0.15, -0.1) is 0 Å². The van der Waals surface area contributed by atoms with E-state index < -0.39 is 10.0 Å². The van der Waals surface area contributed by atoms with Gasteiger partial charge >= 0.3 is 6.03 Å². The van der Waals surface area contributed by atoms with Crippen molar-refractivity contribution in [2.24, 2.45) is 5.92 Å². The Morgan fingerprint density at radius 1 is 1.27 bits per heavy atom. The maximum atomic E-state index is 13.2. The zero-order valence-electron chi connectivity index (χ0n) is 20.3. The fourth-order valence-corrected chi connectivity index (χ4v) is 4.22. The lowest BCUT2D eigenvalue weighted by atomic mass is 10.0. The molecule has 0 fully saturated rings. The molecule has 186 valence electrons. The molecule has 1 aliphatic rings. The Morgan fingerprint density at radius 2 is 1.97 bits per heavy atom. The number of methoxy groups -OCH3 is 1. The second-order valence-electron chi connectivity index (χ2n) is 8.57. The van der Waals surface area contributed by atoms with Gasteiger partial charge in [0.25, 0.3) is 5.91 Å². The number of carbonyl (C=O) groups excluding carboxylic acids is 2. The van der Waals surface area contributed by atoms with Crippen LogP contribution < -0.4 is 14.8 Å². The molecule has 3 atom stereocenters. The molecular formula is C22H36N4O6S. The van der Waals surface area contributed by atoms with E-state index in [0.29, 0.717) is 25.2 Å². The first kappa shape index (κ1) is 26.7. The quantitative estimate of drug-likeness (QED) is 0.660. The smallest absolute Gasteiger partial charge is 0.317 e. The standard InChI is InChI=1S/C22H36N4O6S/c1-7-10-23-22(28)26-12-15(2)20(31-5)13-25(4)21(27)18-9-8-17(24-33(6,29)30)11-19(18)32-14-16(26)3/h8-9,11,15-16,20,24H,7,10,12-14H2,1-6H3,(H,23,28)/t15-,16+,20-/m1/s1. The third-order valence-corrected chi connectivity index (χ3v) is 6.14. The lowest BCUT2D eigenvalue weighted by Crippen LogP contribution is -2.51. The number of amides is 3. The highest BCUT2D eigenvalue weighted by Gasteiger charge is 2.30. The molecule has 0 unspecified atom stereocenters. The molecule has 0 saturated carbocycles. The summed E-state index contributed by atoms with van der Waals surface area (Å²) >= 11 is 0. The average molecular weight is 485 g/mol. The van der Waals surface area contributed by atoms with Crippen molar-refractivity contribution in [3.63, 3.8) is 0 Å². The molecule has 0 radical (unpaired) electrons. The maximum absolute atomic E-state index is 13.2. The summed E-state index contributed by atoms with van der Waals surface area (Å²) < 4.78 is 37.4. The number of nitrogens with one attached hydrogen (secondary N) is 2. The van der Waals surface area contributed by atoms with Gasteiger partial charge in [0.05, 0.1) is 29.7 Å². The molecule has 0 saturated heterocycles. The molecule has 1 aromatic rings. The van der Waals surface area contributed by atoms with Crippen LogP contribution in [0.4, 0.5) is 10.5 Å². The molecule has 11 heteroatoms. The largest absolute Gasteiger partial charge is 0.491 e. The Labute approximate surface area is 196 Å². The maximum Gasteiger partial charge on any atom is 0.317 e. The van der Waals surface area contributed by atoms with Gasteiger partial charge in [0, 0.05) is 45.8 Å². The summed E-state index contributed by atoms with van der Waals surface area (Å²) in [5.41, 5.74) is 0.584. The van der Waals surface area contributed by atoms with Crippen molar-refractivity contribution in [2.75, 3.05) is 51.4 Å². The number of sulfonamides is 1. The number of hydrogen-bond acceptors (Lipinski definition) is 6. The minimum absolute atomic E-state index is 0.0414. The van der Waals surface area contributed by atoms with Crippen LogP contribution in [0.2, 0.25) is 0 Å². The van der Waals surface area contributed by atoms with Gasteiger partial charge in [0.15, 0.2) is 0 Å². The summed E-state index contributed by atoms with van der Waals surface area (Å²) in [4.78, 5) is 29.3. The highest BCUT2D eigenvalue weighted by molar-refractivity contribution is 7.92. The number of carbonyl (C=O) groups is 2. The van der Waals surface area contributed by atoms with Crippen molar-refractivity contribution in [1.82, 2.24) is 15.1 Å². The highest BCUT2D eigenvalue weighted by atomic mass is 32.2. The normalized spacial score (nSPS) is 22.5. The van der Waals surface area contributed by atoms with Crippen LogP contribution in [0, 0.1) is 5.92 Å². The lowest BCUT2D eigenvalue weighted by molar-refractivity contribution is 0.0166. The number of nitrogens with zero attached hydrogens (tertiary/aromatic N) is 2. The SMILES string of the molecule is CCCNC(=O)N1C[C@@H](C)[C@H](OC)CN(C)C(=O)c2ccc(NS(C)(=O)=O)cc2OC[C@@H]1C. The van der Waals surface area contributed by atoms with E-state index in [1.165, 1.54) is 18.2 Å². The summed E-state index contributed by atoms with van der Waals surface area (Å²) in [6, 6.07) is 4.04. The van der Waals surface area contributed by atoms with Crippen molar-refractivity contribution >= 4 is 27.6 Å². The first-order valence-electron chi connectivity index (χ1n) is 11.0. The topological polar surface area (TPSA) is 117 Å². The van der Waals surface area contributed by atoms with E-state index in [0.717, 1.165) is 12.7 Å². The molecule has 0 bridgehead atoms. The van der Waals surface area contributed by atoms with Crippen LogP contribution in [0.25, 0.3) is 0 Å². The van der Waals surface area contributed by atoms with E-state index >= 15 is 0 Å². The van der Waals surface area contributed by atoms with Gasteiger partial charge in [0.2, 0.25) is 10.0 Å². The van der Waals surface area contributed by atoms with Gasteiger partial charge in [-0.3, -0.25) is 9.52 Å². The molecule has 0 spiro atoms. The molecule has 1 heterocycles. The summed E-state index contributed by atoms with van der Waals surface area (Å²) in [6.45, 7) is 7.27. The van der Waals surface area contributed by atoms with Crippen molar-refractivity contribution in [1.29, 1.82) is 0 Å². The van der Waals surface area contributed by atoms with Crippen LogP contribution in [0.15, 0.2) is 18.2 Å². The van der Waals surface area contributed by atoms with Crippen LogP contribution >= 0.6 is 0 Å². The minimum atomic E-state index is -3.50. The number of anilines is 1. The number of fused-ring (bicyclic) bond motifs is 1. The molecule has 10 nitrogen and oxygen atoms in total. The Bertz CT molecular complexity index is 939. The van der Waals surface area contributed by atoms with Gasteiger partial charge in [-0.2, -0.15) is 0 Å². The van der Waals surface area contributed by atoms with Crippen LogP contribution in [0.5, 0.6) is 5.75 Å². The van der Waals surface area contributed by atoms with Crippen LogP contribution in [0.1, 0.15) is 37.6 Å². The second-order valence-corrected chi connectivity index (χ2v) is 10.3. The number of likely N-dealkylation sites (N-methyl/N-ethyl adjacent to an activating group) is 1. The van der Waals surface area contributed by atoms with E-state index in [-0.39, 0.29) is 48.0 Å². The van der Waals surface area contributed by atoms with E-state index in [1.807, 2.05) is 20.8 Å². The highest BCUT2D eigenvalue weighted by Crippen LogP contribution is 2.27. The molecule has 0 aliphatic carbocycles. The Balaban J connectivity index is 2.45. The van der Waals surface area contributed by atoms with Crippen molar-refractivity contribution in [2.45, 2.75) is 39.3 Å². The molecule has 2 rings (SSSR count). The Morgan fingerprint density at radius 3 is 2.58 bits per heavy atom. The van der Waals surface area contributed by atoms with Gasteiger partial charge < -0.3 is 24.6 Å². The van der Waals surface area contributed by atoms with Gasteiger partial charge in [-0.25, -0.2) is 13.2 Å². The molecule has 1 aromatic carbocycles. The minimum Gasteiger partial charge on any atom is -0.491 e. The van der Waals surface area contributed by atoms with E-state index in [2.05, 4.69) is 10.0 Å². The fraction of sp³-hybridized carbons (Fsp3) is 0.636. The first-order valence-corrected chi connectivity index (χ1v) is 12.9. The molecule has 0 aromatic heterocycles. The van der Waals surface area contributed by atoms with Crippen LogP contribution in [-0.4, -0.2) is 89.0 Å². The summed E-state index contributed by atoms with van der Waals surface area (Å²) in [7, 11) is -0.235. The number of rotatable bonds is 5. The third kappa shape index (κ3) is 7.50. The van der Waals surface area contributed by atoms with E-state index in [9.17, 15) is 18.0 Å². The summed E-state index contributed by atoms with van der Waals surface area (Å²) in [6.07, 6.45) is 1.58. The average Bonchev–Trinajstić information content (AvgIpc) is 2.75. The van der Waals surface area contributed by atoms with Gasteiger partial charge in [-0.1, -0.05) is 13.8 Å². The predicted octanol–water partition coefficient (Wildman–Crippen LogP) is 1.98. The van der Waals surface area contributed by atoms with Crippen LogP contribution in [-0.2, 0) is 14.8 Å². The zero-order valence-corrected chi connectivity index (χ0v) is 21.1. The van der Waals surface area contributed by atoms with Gasteiger partial charge in [0.1, 0.15) is 12.4 Å². The molecule has 3 amide bonds. The lowest BCUT2D eigenvalue weighted by Gasteiger charge is -2.36. The number of ether oxygens (including phenoxy) is 2. The third-order valence-electron chi connectivity index (χ3n) is 5.54. The number of benzene rings is 1. The van der Waals surface area contributed by atoms with Crippen molar-refractivity contribution in [3.05, 3.63) is 23.8 Å². The fourth-order valence-electron chi connectivity index (χ4n) is 3.67.